The van der Waals surface area contributed by atoms with Gasteiger partial charge in [0.2, 0.25) is 0 Å². The number of nitrogen functional groups attached to an aromatic ring is 1. The number of nitrogens with two attached hydrogens (primary N) is 1. The summed E-state index contributed by atoms with van der Waals surface area (Å²) >= 11 is 0. The molecule has 0 spiro atoms. The second kappa shape index (κ2) is 4.11. The predicted octanol–water partition coefficient (Wildman–Crippen LogP) is 2.53. The Kier molecular flexibility index (Phi) is 3.16. The molecule has 0 unspecified atom stereocenters. The molecule has 1 heterocycles. The molecule has 94 valence electrons. The highest BCUT2D eigenvalue weighted by atomic mass is 19.4. The van der Waals surface area contributed by atoms with Crippen molar-refractivity contribution in [3.8, 4) is 0 Å². The SMILES string of the molecule is Nc1c(C(F)(F)F)cnc([N+](=O)[O-])c1C(F)F. The van der Waals surface area contributed by atoms with E-state index in [0.717, 1.165) is 0 Å². The Bertz CT molecular complexity index is 460. The van der Waals surface area contributed by atoms with Gasteiger partial charge in [-0.2, -0.15) is 13.2 Å². The minimum absolute atomic E-state index is 0.0549. The molecule has 2 N–H and O–H groups in total. The quantitative estimate of drug-likeness (QED) is 0.501. The van der Waals surface area contributed by atoms with Gasteiger partial charge < -0.3 is 15.8 Å². The average Bonchev–Trinajstić information content (AvgIpc) is 2.13. The molecule has 1 rings (SSSR count). The zero-order valence-electron chi connectivity index (χ0n) is 7.83. The molecule has 0 radical (unpaired) electrons. The normalized spacial score (nSPS) is 11.9. The molecule has 5 nitrogen and oxygen atoms in total. The van der Waals surface area contributed by atoms with E-state index in [4.69, 9.17) is 5.73 Å². The minimum atomic E-state index is -5.00. The third-order valence-electron chi connectivity index (χ3n) is 1.83. The summed E-state index contributed by atoms with van der Waals surface area (Å²) in [6.45, 7) is 0. The number of nitro groups is 1. The highest BCUT2D eigenvalue weighted by Crippen LogP contribution is 2.40. The molecule has 0 aliphatic carbocycles. The number of anilines is 1. The second-order valence-corrected chi connectivity index (χ2v) is 2.88. The highest BCUT2D eigenvalue weighted by Gasteiger charge is 2.39. The summed E-state index contributed by atoms with van der Waals surface area (Å²) in [5.41, 5.74) is 0.334. The number of rotatable bonds is 2. The first kappa shape index (κ1) is 13.1. The van der Waals surface area contributed by atoms with Gasteiger partial charge >= 0.3 is 12.0 Å². The van der Waals surface area contributed by atoms with Crippen LogP contribution in [-0.2, 0) is 6.18 Å². The first-order valence-electron chi connectivity index (χ1n) is 3.94. The lowest BCUT2D eigenvalue weighted by atomic mass is 10.1. The van der Waals surface area contributed by atoms with Crippen molar-refractivity contribution in [1.29, 1.82) is 0 Å². The topological polar surface area (TPSA) is 82.0 Å². The number of aromatic nitrogens is 1. The molecular weight excluding hydrogens is 253 g/mol. The lowest BCUT2D eigenvalue weighted by Crippen LogP contribution is -2.14. The fourth-order valence-corrected chi connectivity index (χ4v) is 1.12. The largest absolute Gasteiger partial charge is 0.422 e. The van der Waals surface area contributed by atoms with E-state index >= 15 is 0 Å². The maximum absolute atomic E-state index is 12.4. The summed E-state index contributed by atoms with van der Waals surface area (Å²) in [5.74, 6) is -1.38. The molecule has 0 bridgehead atoms. The van der Waals surface area contributed by atoms with Crippen molar-refractivity contribution in [3.63, 3.8) is 0 Å². The Morgan fingerprint density at radius 1 is 1.41 bits per heavy atom. The van der Waals surface area contributed by atoms with E-state index in [1.165, 1.54) is 0 Å². The Balaban J connectivity index is 3.55. The summed E-state index contributed by atoms with van der Waals surface area (Å²) < 4.78 is 61.7. The lowest BCUT2D eigenvalue weighted by Gasteiger charge is -2.11. The molecule has 0 atom stereocenters. The van der Waals surface area contributed by atoms with E-state index in [-0.39, 0.29) is 6.20 Å². The van der Waals surface area contributed by atoms with Crippen LogP contribution < -0.4 is 5.73 Å². The molecule has 10 heteroatoms. The van der Waals surface area contributed by atoms with Crippen molar-refractivity contribution in [1.82, 2.24) is 4.98 Å². The summed E-state index contributed by atoms with van der Waals surface area (Å²) in [4.78, 5) is 11.7. The van der Waals surface area contributed by atoms with Gasteiger partial charge in [-0.15, -0.1) is 0 Å². The molecule has 0 aliphatic rings. The minimum Gasteiger partial charge on any atom is -0.397 e. The number of halogens is 5. The van der Waals surface area contributed by atoms with Crippen LogP contribution in [-0.4, -0.2) is 9.91 Å². The Morgan fingerprint density at radius 2 is 1.94 bits per heavy atom. The van der Waals surface area contributed by atoms with Gasteiger partial charge in [0.05, 0.1) is 5.69 Å². The van der Waals surface area contributed by atoms with Crippen LogP contribution in [0.2, 0.25) is 0 Å². The van der Waals surface area contributed by atoms with Crippen molar-refractivity contribution in [2.24, 2.45) is 0 Å². The standard InChI is InChI=1S/C7H4F5N3O2/c8-5(9)3-4(13)2(7(10,11)12)1-14-6(3)15(16)17/h1,5H,(H2,13,14). The molecule has 0 saturated carbocycles. The maximum Gasteiger partial charge on any atom is 0.422 e. The van der Waals surface area contributed by atoms with E-state index in [2.05, 4.69) is 4.98 Å². The third kappa shape index (κ3) is 2.40. The van der Waals surface area contributed by atoms with Gasteiger partial charge in [-0.25, -0.2) is 8.78 Å². The van der Waals surface area contributed by atoms with Crippen LogP contribution in [0.25, 0.3) is 0 Å². The van der Waals surface area contributed by atoms with Crippen LogP contribution in [0.5, 0.6) is 0 Å². The molecule has 0 saturated heterocycles. The average molecular weight is 257 g/mol. The van der Waals surface area contributed by atoms with Gasteiger partial charge in [-0.3, -0.25) is 0 Å². The molecule has 0 aliphatic heterocycles. The lowest BCUT2D eigenvalue weighted by molar-refractivity contribution is -0.391. The maximum atomic E-state index is 12.4. The van der Waals surface area contributed by atoms with Crippen LogP contribution in [0.4, 0.5) is 33.5 Å². The zero-order valence-corrected chi connectivity index (χ0v) is 7.83. The summed E-state index contributed by atoms with van der Waals surface area (Å²) in [5, 5.41) is 10.3. The Morgan fingerprint density at radius 3 is 2.29 bits per heavy atom. The van der Waals surface area contributed by atoms with Crippen LogP contribution in [0, 0.1) is 10.1 Å². The number of pyridine rings is 1. The van der Waals surface area contributed by atoms with Crippen LogP contribution in [0.15, 0.2) is 6.20 Å². The molecular formula is C7H4F5N3O2. The molecule has 17 heavy (non-hydrogen) atoms. The fraction of sp³-hybridized carbons (Fsp3) is 0.286. The molecule has 0 fully saturated rings. The Labute approximate surface area is 90.2 Å². The van der Waals surface area contributed by atoms with E-state index in [0.29, 0.717) is 0 Å². The van der Waals surface area contributed by atoms with E-state index in [1.54, 1.807) is 0 Å². The van der Waals surface area contributed by atoms with Gasteiger partial charge in [0, 0.05) is 0 Å². The van der Waals surface area contributed by atoms with E-state index < -0.39 is 40.2 Å². The summed E-state index contributed by atoms with van der Waals surface area (Å²) in [7, 11) is 0. The van der Waals surface area contributed by atoms with Gasteiger partial charge in [-0.05, 0) is 9.91 Å². The van der Waals surface area contributed by atoms with E-state index in [1.807, 2.05) is 0 Å². The van der Waals surface area contributed by atoms with Crippen molar-refractivity contribution in [2.75, 3.05) is 5.73 Å². The third-order valence-corrected chi connectivity index (χ3v) is 1.83. The zero-order chi connectivity index (χ0) is 13.4. The van der Waals surface area contributed by atoms with Gasteiger partial charge in [-0.1, -0.05) is 0 Å². The summed E-state index contributed by atoms with van der Waals surface area (Å²) in [6, 6.07) is 0. The van der Waals surface area contributed by atoms with Crippen molar-refractivity contribution < 1.29 is 26.9 Å². The molecule has 1 aromatic heterocycles. The number of hydrogen-bond donors (Lipinski definition) is 1. The number of hydrogen-bond acceptors (Lipinski definition) is 4. The van der Waals surface area contributed by atoms with Crippen molar-refractivity contribution in [3.05, 3.63) is 27.4 Å². The monoisotopic (exact) mass is 257 g/mol. The highest BCUT2D eigenvalue weighted by molar-refractivity contribution is 5.60. The van der Waals surface area contributed by atoms with Gasteiger partial charge in [0.25, 0.3) is 6.43 Å². The molecule has 0 amide bonds. The van der Waals surface area contributed by atoms with Crippen LogP contribution in [0.1, 0.15) is 17.6 Å². The Hall–Kier alpha value is -2.00. The van der Waals surface area contributed by atoms with Gasteiger partial charge in [0.15, 0.2) is 6.20 Å². The van der Waals surface area contributed by atoms with Crippen LogP contribution >= 0.6 is 0 Å². The fourth-order valence-electron chi connectivity index (χ4n) is 1.12. The van der Waals surface area contributed by atoms with Crippen LogP contribution in [0.3, 0.4) is 0 Å². The first-order valence-corrected chi connectivity index (χ1v) is 3.94. The number of alkyl halides is 5. The summed E-state index contributed by atoms with van der Waals surface area (Å²) in [6.07, 6.45) is -8.47. The van der Waals surface area contributed by atoms with Gasteiger partial charge in [0.1, 0.15) is 11.1 Å². The van der Waals surface area contributed by atoms with Crippen molar-refractivity contribution >= 4 is 11.5 Å². The number of nitrogens with zero attached hydrogens (tertiary/aromatic N) is 2. The predicted molar refractivity (Wildman–Crippen MR) is 45.3 cm³/mol. The molecule has 1 aromatic rings. The van der Waals surface area contributed by atoms with Crippen molar-refractivity contribution in [2.45, 2.75) is 12.6 Å². The second-order valence-electron chi connectivity index (χ2n) is 2.88. The molecule has 0 aromatic carbocycles. The smallest absolute Gasteiger partial charge is 0.397 e. The first-order chi connectivity index (χ1) is 7.66. The van der Waals surface area contributed by atoms with E-state index in [9.17, 15) is 32.1 Å².